The Kier molecular flexibility index (Phi) is 3.37. The molecule has 3 rings (SSSR count). The Bertz CT molecular complexity index is 489. The van der Waals surface area contributed by atoms with Gasteiger partial charge in [-0.05, 0) is 25.7 Å². The summed E-state index contributed by atoms with van der Waals surface area (Å²) in [5.41, 5.74) is 7.37. The summed E-state index contributed by atoms with van der Waals surface area (Å²) >= 11 is 1.65. The molecule has 1 saturated carbocycles. The Morgan fingerprint density at radius 3 is 3.11 bits per heavy atom. The van der Waals surface area contributed by atoms with Crippen LogP contribution in [0.2, 0.25) is 0 Å². The largest absolute Gasteiger partial charge is 0.377 e. The molecule has 2 unspecified atom stereocenters. The van der Waals surface area contributed by atoms with Gasteiger partial charge in [-0.1, -0.05) is 0 Å². The van der Waals surface area contributed by atoms with Gasteiger partial charge in [0.25, 0.3) is 0 Å². The van der Waals surface area contributed by atoms with Crippen LogP contribution in [0.4, 0.5) is 0 Å². The van der Waals surface area contributed by atoms with E-state index in [1.54, 1.807) is 11.3 Å². The second kappa shape index (κ2) is 4.99. The number of fused-ring (bicyclic) bond motifs is 1. The maximum Gasteiger partial charge on any atom is 0.193 e. The van der Waals surface area contributed by atoms with Gasteiger partial charge in [-0.25, -0.2) is 4.98 Å². The van der Waals surface area contributed by atoms with Gasteiger partial charge in [-0.15, -0.1) is 11.3 Å². The van der Waals surface area contributed by atoms with Crippen molar-refractivity contribution >= 4 is 16.3 Å². The van der Waals surface area contributed by atoms with E-state index in [-0.39, 0.29) is 12.1 Å². The normalized spacial score (nSPS) is 19.2. The highest BCUT2D eigenvalue weighted by Crippen LogP contribution is 2.36. The molecule has 1 aliphatic carbocycles. The lowest BCUT2D eigenvalue weighted by atomic mass is 10.0. The third-order valence-corrected chi connectivity index (χ3v) is 4.23. The fourth-order valence-corrected chi connectivity index (χ4v) is 3.18. The molecule has 0 aliphatic heterocycles. The van der Waals surface area contributed by atoms with Crippen LogP contribution in [0, 0.1) is 5.92 Å². The van der Waals surface area contributed by atoms with Crippen LogP contribution in [0.15, 0.2) is 17.8 Å². The van der Waals surface area contributed by atoms with Crippen molar-refractivity contribution in [3.63, 3.8) is 0 Å². The van der Waals surface area contributed by atoms with Gasteiger partial charge in [0.15, 0.2) is 4.96 Å². The quantitative estimate of drug-likeness (QED) is 0.870. The number of hydrogen-bond donors (Lipinski definition) is 1. The average Bonchev–Trinajstić information content (AvgIpc) is 2.96. The maximum absolute atomic E-state index is 6.30. The molecule has 0 saturated heterocycles. The van der Waals surface area contributed by atoms with E-state index in [4.69, 9.17) is 10.5 Å². The minimum atomic E-state index is 0.0575. The van der Waals surface area contributed by atoms with Crippen LogP contribution in [-0.4, -0.2) is 28.1 Å². The second-order valence-electron chi connectivity index (χ2n) is 4.95. The molecule has 5 heteroatoms. The number of ether oxygens (including phenoxy) is 1. The van der Waals surface area contributed by atoms with Crippen molar-refractivity contribution in [2.24, 2.45) is 11.7 Å². The smallest absolute Gasteiger partial charge is 0.193 e. The van der Waals surface area contributed by atoms with E-state index in [0.29, 0.717) is 5.92 Å². The van der Waals surface area contributed by atoms with Crippen LogP contribution in [0.1, 0.15) is 25.5 Å². The molecule has 0 radical (unpaired) electrons. The van der Waals surface area contributed by atoms with Crippen molar-refractivity contribution in [2.45, 2.75) is 38.3 Å². The third kappa shape index (κ3) is 2.43. The molecule has 2 N–H and O–H groups in total. The predicted molar refractivity (Wildman–Crippen MR) is 72.9 cm³/mol. The van der Waals surface area contributed by atoms with Crippen LogP contribution in [0.5, 0.6) is 0 Å². The molecule has 0 amide bonds. The van der Waals surface area contributed by atoms with E-state index < -0.39 is 0 Å². The zero-order valence-corrected chi connectivity index (χ0v) is 11.4. The molecule has 4 nitrogen and oxygen atoms in total. The molecule has 2 atom stereocenters. The van der Waals surface area contributed by atoms with E-state index in [0.717, 1.165) is 23.7 Å². The molecule has 1 aliphatic rings. The zero-order valence-electron chi connectivity index (χ0n) is 10.6. The van der Waals surface area contributed by atoms with Crippen molar-refractivity contribution in [1.29, 1.82) is 0 Å². The summed E-state index contributed by atoms with van der Waals surface area (Å²) in [4.78, 5) is 5.62. The SMILES string of the molecule is CCOC(C(N)Cc1cn2ccsc2n1)C1CC1. The third-order valence-electron chi connectivity index (χ3n) is 3.46. The highest BCUT2D eigenvalue weighted by molar-refractivity contribution is 7.15. The Labute approximate surface area is 111 Å². The standard InChI is InChI=1S/C13H19N3OS/c1-2-17-12(9-3-4-9)11(14)7-10-8-16-5-6-18-13(16)15-10/h5-6,8-9,11-12H,2-4,7,14H2,1H3. The zero-order chi connectivity index (χ0) is 12.5. The first kappa shape index (κ1) is 12.1. The van der Waals surface area contributed by atoms with Crippen LogP contribution in [0.25, 0.3) is 4.96 Å². The number of imidazole rings is 1. The molecule has 2 aromatic rings. The first-order chi connectivity index (χ1) is 8.78. The van der Waals surface area contributed by atoms with Crippen molar-refractivity contribution < 1.29 is 4.74 Å². The molecular formula is C13H19N3OS. The summed E-state index contributed by atoms with van der Waals surface area (Å²) in [5, 5.41) is 2.04. The molecule has 0 bridgehead atoms. The summed E-state index contributed by atoms with van der Waals surface area (Å²) < 4.78 is 7.85. The van der Waals surface area contributed by atoms with E-state index in [1.807, 2.05) is 18.5 Å². The Balaban J connectivity index is 1.68. The minimum Gasteiger partial charge on any atom is -0.377 e. The van der Waals surface area contributed by atoms with Crippen LogP contribution in [0.3, 0.4) is 0 Å². The van der Waals surface area contributed by atoms with Crippen molar-refractivity contribution in [3.8, 4) is 0 Å². The summed E-state index contributed by atoms with van der Waals surface area (Å²) in [6.45, 7) is 2.78. The average molecular weight is 265 g/mol. The Morgan fingerprint density at radius 1 is 1.61 bits per heavy atom. The number of aromatic nitrogens is 2. The van der Waals surface area contributed by atoms with Crippen molar-refractivity contribution in [3.05, 3.63) is 23.5 Å². The summed E-state index contributed by atoms with van der Waals surface area (Å²) in [6.07, 6.45) is 7.63. The van der Waals surface area contributed by atoms with Gasteiger partial charge in [0.05, 0.1) is 11.8 Å². The van der Waals surface area contributed by atoms with Gasteiger partial charge in [-0.2, -0.15) is 0 Å². The van der Waals surface area contributed by atoms with Crippen molar-refractivity contribution in [1.82, 2.24) is 9.38 Å². The Morgan fingerprint density at radius 2 is 2.44 bits per heavy atom. The summed E-state index contributed by atoms with van der Waals surface area (Å²) in [7, 11) is 0. The lowest BCUT2D eigenvalue weighted by Crippen LogP contribution is -2.40. The molecule has 2 heterocycles. The molecule has 0 aromatic carbocycles. The lowest BCUT2D eigenvalue weighted by molar-refractivity contribution is 0.0286. The maximum atomic E-state index is 6.30. The van der Waals surface area contributed by atoms with Gasteiger partial charge in [0, 0.05) is 36.8 Å². The summed E-state index contributed by atoms with van der Waals surface area (Å²) in [5.74, 6) is 0.670. The second-order valence-corrected chi connectivity index (χ2v) is 5.82. The fourth-order valence-electron chi connectivity index (χ4n) is 2.46. The first-order valence-corrected chi connectivity index (χ1v) is 7.44. The van der Waals surface area contributed by atoms with E-state index in [9.17, 15) is 0 Å². The number of hydrogen-bond acceptors (Lipinski definition) is 4. The predicted octanol–water partition coefficient (Wildman–Crippen LogP) is 2.08. The number of rotatable bonds is 6. The number of nitrogens with zero attached hydrogens (tertiary/aromatic N) is 2. The molecular weight excluding hydrogens is 246 g/mol. The Hall–Kier alpha value is -0.910. The van der Waals surface area contributed by atoms with Gasteiger partial charge in [-0.3, -0.25) is 4.40 Å². The molecule has 1 fully saturated rings. The van der Waals surface area contributed by atoms with E-state index in [1.165, 1.54) is 12.8 Å². The van der Waals surface area contributed by atoms with Crippen LogP contribution < -0.4 is 5.73 Å². The van der Waals surface area contributed by atoms with Crippen LogP contribution in [-0.2, 0) is 11.2 Å². The molecule has 18 heavy (non-hydrogen) atoms. The van der Waals surface area contributed by atoms with Gasteiger partial charge in [0.1, 0.15) is 0 Å². The van der Waals surface area contributed by atoms with Gasteiger partial charge < -0.3 is 10.5 Å². The monoisotopic (exact) mass is 265 g/mol. The summed E-state index contributed by atoms with van der Waals surface area (Å²) in [6, 6.07) is 0.0575. The highest BCUT2D eigenvalue weighted by atomic mass is 32.1. The minimum absolute atomic E-state index is 0.0575. The van der Waals surface area contributed by atoms with Crippen molar-refractivity contribution in [2.75, 3.05) is 6.61 Å². The van der Waals surface area contributed by atoms with E-state index >= 15 is 0 Å². The van der Waals surface area contributed by atoms with E-state index in [2.05, 4.69) is 15.6 Å². The first-order valence-electron chi connectivity index (χ1n) is 6.56. The number of thiazole rings is 1. The molecule has 98 valence electrons. The van der Waals surface area contributed by atoms with Gasteiger partial charge in [0.2, 0.25) is 0 Å². The van der Waals surface area contributed by atoms with Gasteiger partial charge >= 0.3 is 0 Å². The fraction of sp³-hybridized carbons (Fsp3) is 0.615. The topological polar surface area (TPSA) is 52.5 Å². The number of nitrogens with two attached hydrogens (primary N) is 1. The van der Waals surface area contributed by atoms with Crippen LogP contribution >= 0.6 is 11.3 Å². The molecule has 0 spiro atoms. The molecule has 2 aromatic heterocycles. The highest BCUT2D eigenvalue weighted by Gasteiger charge is 2.35. The lowest BCUT2D eigenvalue weighted by Gasteiger charge is -2.22.